The minimum atomic E-state index is -1.64. The van der Waals surface area contributed by atoms with E-state index in [9.17, 15) is 0 Å². The lowest BCUT2D eigenvalue weighted by molar-refractivity contribution is 0.0339. The van der Waals surface area contributed by atoms with E-state index in [4.69, 9.17) is 0 Å². The Bertz CT molecular complexity index is 3110. The summed E-state index contributed by atoms with van der Waals surface area (Å²) in [5.74, 6) is 1.48. The van der Waals surface area contributed by atoms with Crippen LogP contribution in [0.2, 0.25) is 19.6 Å². The molecule has 2 fully saturated rings. The van der Waals surface area contributed by atoms with Gasteiger partial charge in [0, 0.05) is 56.3 Å². The molecular formula is C60H60BN3Si. The summed E-state index contributed by atoms with van der Waals surface area (Å²) in [7, 11) is -1.64. The van der Waals surface area contributed by atoms with Crippen molar-refractivity contribution in [2.45, 2.75) is 102 Å². The first-order chi connectivity index (χ1) is 31.4. The third-order valence-corrected chi connectivity index (χ3v) is 19.9. The van der Waals surface area contributed by atoms with Crippen LogP contribution in [0.3, 0.4) is 0 Å². The first kappa shape index (κ1) is 39.6. The molecule has 7 aromatic rings. The number of hydrogen-bond acceptors (Lipinski definition) is 3. The summed E-state index contributed by atoms with van der Waals surface area (Å²) in [6, 6.07) is 59.0. The zero-order chi connectivity index (χ0) is 44.2. The summed E-state index contributed by atoms with van der Waals surface area (Å²) < 4.78 is 0. The highest BCUT2D eigenvalue weighted by atomic mass is 28.3. The molecule has 0 N–H and O–H groups in total. The van der Waals surface area contributed by atoms with Crippen LogP contribution in [0.1, 0.15) is 82.9 Å². The lowest BCUT2D eigenvalue weighted by atomic mass is 9.33. The van der Waals surface area contributed by atoms with Gasteiger partial charge in [-0.15, -0.1) is 0 Å². The lowest BCUT2D eigenvalue weighted by Gasteiger charge is -2.59. The lowest BCUT2D eigenvalue weighted by Crippen LogP contribution is -2.67. The van der Waals surface area contributed by atoms with Gasteiger partial charge in [-0.25, -0.2) is 0 Å². The van der Waals surface area contributed by atoms with Gasteiger partial charge in [-0.2, -0.15) is 0 Å². The summed E-state index contributed by atoms with van der Waals surface area (Å²) in [6.07, 6.45) is 8.06. The van der Waals surface area contributed by atoms with Gasteiger partial charge in [-0.3, -0.25) is 0 Å². The molecule has 6 aliphatic rings. The summed E-state index contributed by atoms with van der Waals surface area (Å²) in [5, 5.41) is 1.46. The molecule has 4 unspecified atom stereocenters. The molecule has 65 heavy (non-hydrogen) atoms. The number of para-hydroxylation sites is 2. The van der Waals surface area contributed by atoms with Crippen molar-refractivity contribution in [3.8, 4) is 11.1 Å². The molecule has 0 amide bonds. The molecule has 2 saturated carbocycles. The van der Waals surface area contributed by atoms with E-state index in [0.717, 1.165) is 5.92 Å². The molecule has 0 radical (unpaired) electrons. The van der Waals surface area contributed by atoms with Crippen LogP contribution in [0.5, 0.6) is 0 Å². The molecule has 0 spiro atoms. The number of nitrogens with zero attached hydrogens (tertiary/aromatic N) is 3. The fourth-order valence-corrected chi connectivity index (χ4v) is 15.7. The van der Waals surface area contributed by atoms with Gasteiger partial charge in [-0.05, 0) is 143 Å². The maximum atomic E-state index is 2.93. The molecule has 4 atom stereocenters. The van der Waals surface area contributed by atoms with Crippen LogP contribution < -0.4 is 36.3 Å². The fraction of sp³-hybridized carbons (Fsp3) is 0.300. The molecule has 3 aliphatic heterocycles. The average Bonchev–Trinajstić information content (AvgIpc) is 3.68. The Labute approximate surface area is 388 Å². The fourth-order valence-electron chi connectivity index (χ4n) is 14.5. The van der Waals surface area contributed by atoms with Crippen molar-refractivity contribution in [2.75, 3.05) is 14.7 Å². The van der Waals surface area contributed by atoms with Gasteiger partial charge in [0.1, 0.15) is 0 Å². The molecule has 5 heteroatoms. The Morgan fingerprint density at radius 2 is 1.26 bits per heavy atom. The van der Waals surface area contributed by atoms with Crippen molar-refractivity contribution >= 4 is 81.9 Å². The number of anilines is 8. The van der Waals surface area contributed by atoms with E-state index in [1.54, 1.807) is 5.56 Å². The van der Waals surface area contributed by atoms with Crippen molar-refractivity contribution in [1.82, 2.24) is 0 Å². The van der Waals surface area contributed by atoms with Crippen molar-refractivity contribution in [3.05, 3.63) is 168 Å². The van der Waals surface area contributed by atoms with E-state index in [0.29, 0.717) is 5.92 Å². The van der Waals surface area contributed by atoms with Gasteiger partial charge < -0.3 is 14.7 Å². The number of fused-ring (bicyclic) bond motifs is 13. The first-order valence-electron chi connectivity index (χ1n) is 24.6. The van der Waals surface area contributed by atoms with Crippen molar-refractivity contribution in [2.24, 2.45) is 11.8 Å². The second-order valence-corrected chi connectivity index (χ2v) is 27.4. The summed E-state index contributed by atoms with van der Waals surface area (Å²) >= 11 is 0. The number of hydrogen-bond donors (Lipinski definition) is 0. The van der Waals surface area contributed by atoms with Crippen molar-refractivity contribution < 1.29 is 0 Å². The Hall–Kier alpha value is -5.78. The predicted octanol–water partition coefficient (Wildman–Crippen LogP) is 13.4. The topological polar surface area (TPSA) is 9.72 Å². The monoisotopic (exact) mass is 861 g/mol. The highest BCUT2D eigenvalue weighted by Crippen LogP contribution is 2.66. The highest BCUT2D eigenvalue weighted by Gasteiger charge is 2.66. The third-order valence-electron chi connectivity index (χ3n) is 17.9. The summed E-state index contributed by atoms with van der Waals surface area (Å²) in [4.78, 5) is 8.09. The van der Waals surface area contributed by atoms with Crippen molar-refractivity contribution in [3.63, 3.8) is 0 Å². The highest BCUT2D eigenvalue weighted by molar-refractivity contribution is 7.00. The molecule has 7 aromatic carbocycles. The molecule has 13 rings (SSSR count). The molecule has 322 valence electrons. The minimum Gasteiger partial charge on any atom is -0.335 e. The normalized spacial score (nSPS) is 23.7. The smallest absolute Gasteiger partial charge is 0.252 e. The summed E-state index contributed by atoms with van der Waals surface area (Å²) in [5.41, 5.74) is 21.7. The third kappa shape index (κ3) is 5.25. The van der Waals surface area contributed by atoms with Gasteiger partial charge in [-0.1, -0.05) is 156 Å². The molecule has 3 nitrogen and oxygen atoms in total. The predicted molar refractivity (Wildman–Crippen MR) is 280 cm³/mol. The standard InChI is InChI=1S/C60H60BN3Si/c1-58(2)48-25-14-12-23-45(48)46-37-42(28-30-49(46)58)62(41-21-17-22-44(36-41)65(5,6)7)43-29-32-52-55(38-43)63(40-19-9-8-10-20-40)54-33-31-50-57-56(54)61(52)51-26-15-16-27-53(51)64(57)60(4)47-24-13-11-18-39(47)34-35-59(50,60)3/h8-10,12,14-17,19-23,25-33,36-39,47H,11,13,18,24,34-35H2,1-7H3. The molecular weight excluding hydrogens is 802 g/mol. The minimum absolute atomic E-state index is 0.00706. The van der Waals surface area contributed by atoms with Crippen LogP contribution in [0.25, 0.3) is 11.1 Å². The maximum absolute atomic E-state index is 2.93. The van der Waals surface area contributed by atoms with E-state index in [1.165, 1.54) is 128 Å². The maximum Gasteiger partial charge on any atom is 0.252 e. The molecule has 0 saturated heterocycles. The van der Waals surface area contributed by atoms with E-state index >= 15 is 0 Å². The van der Waals surface area contributed by atoms with E-state index in [-0.39, 0.29) is 23.1 Å². The number of benzene rings is 7. The zero-order valence-electron chi connectivity index (χ0n) is 39.3. The van der Waals surface area contributed by atoms with E-state index in [2.05, 4.69) is 214 Å². The van der Waals surface area contributed by atoms with Gasteiger partial charge in [0.15, 0.2) is 0 Å². The largest absolute Gasteiger partial charge is 0.335 e. The van der Waals surface area contributed by atoms with Crippen LogP contribution in [-0.2, 0) is 10.8 Å². The molecule has 3 heterocycles. The quantitative estimate of drug-likeness (QED) is 0.160. The van der Waals surface area contributed by atoms with Gasteiger partial charge >= 0.3 is 0 Å². The van der Waals surface area contributed by atoms with Gasteiger partial charge in [0.25, 0.3) is 6.71 Å². The first-order valence-corrected chi connectivity index (χ1v) is 28.1. The molecule has 0 bridgehead atoms. The second kappa shape index (κ2) is 13.6. The second-order valence-electron chi connectivity index (χ2n) is 22.3. The van der Waals surface area contributed by atoms with Crippen LogP contribution in [0.4, 0.5) is 45.5 Å². The van der Waals surface area contributed by atoms with Crippen LogP contribution in [0, 0.1) is 11.8 Å². The van der Waals surface area contributed by atoms with Crippen LogP contribution in [-0.4, -0.2) is 20.3 Å². The van der Waals surface area contributed by atoms with Crippen LogP contribution in [0.15, 0.2) is 152 Å². The van der Waals surface area contributed by atoms with Gasteiger partial charge in [0.05, 0.1) is 13.6 Å². The average molecular weight is 862 g/mol. The SMILES string of the molecule is CC1(C)c2ccccc2-c2cc(N(c3cccc([Si](C)(C)C)c3)c3ccc4c(c3)N(c3ccccc3)c3ccc5c6c3B4c3ccccc3N6C3(C)C4CCCCC4CCC53C)ccc21. The Morgan fingerprint density at radius 1 is 0.569 bits per heavy atom. The Kier molecular flexibility index (Phi) is 8.30. The summed E-state index contributed by atoms with van der Waals surface area (Å²) in [6.45, 7) is 17.6. The van der Waals surface area contributed by atoms with Crippen LogP contribution >= 0.6 is 0 Å². The Balaban J connectivity index is 1.05. The van der Waals surface area contributed by atoms with Gasteiger partial charge in [0.2, 0.25) is 0 Å². The van der Waals surface area contributed by atoms with E-state index in [1.807, 2.05) is 0 Å². The molecule has 0 aromatic heterocycles. The van der Waals surface area contributed by atoms with E-state index < -0.39 is 8.07 Å². The van der Waals surface area contributed by atoms with Crippen molar-refractivity contribution in [1.29, 1.82) is 0 Å². The molecule has 3 aliphatic carbocycles. The number of rotatable bonds is 5. The zero-order valence-corrected chi connectivity index (χ0v) is 40.3. The Morgan fingerprint density at radius 3 is 2.11 bits per heavy atom.